The van der Waals surface area contributed by atoms with Crippen LogP contribution in [0.5, 0.6) is 0 Å². The van der Waals surface area contributed by atoms with E-state index in [1.165, 1.54) is 11.8 Å². The molecule has 3 aromatic rings. The van der Waals surface area contributed by atoms with Gasteiger partial charge in [0.25, 0.3) is 5.91 Å². The Morgan fingerprint density at radius 3 is 2.58 bits per heavy atom. The summed E-state index contributed by atoms with van der Waals surface area (Å²) in [4.78, 5) is 42.0. The molecule has 1 aromatic carbocycles. The highest BCUT2D eigenvalue weighted by Gasteiger charge is 2.50. The fourth-order valence-corrected chi connectivity index (χ4v) is 4.53. The molecule has 1 atom stereocenters. The van der Waals surface area contributed by atoms with Gasteiger partial charge in [-0.3, -0.25) is 24.6 Å². The summed E-state index contributed by atoms with van der Waals surface area (Å²) in [5.74, 6) is -0.328. The quantitative estimate of drug-likeness (QED) is 0.407. The number of nitrogens with one attached hydrogen (secondary N) is 2. The number of benzene rings is 1. The van der Waals surface area contributed by atoms with Crippen LogP contribution < -0.4 is 10.7 Å². The summed E-state index contributed by atoms with van der Waals surface area (Å²) in [5.41, 5.74) is 2.71. The molecule has 11 heteroatoms. The first kappa shape index (κ1) is 21.1. The van der Waals surface area contributed by atoms with Crippen molar-refractivity contribution in [2.45, 2.75) is 36.5 Å². The molecule has 1 saturated carbocycles. The van der Waals surface area contributed by atoms with Crippen molar-refractivity contribution in [3.8, 4) is 11.4 Å². The van der Waals surface area contributed by atoms with Gasteiger partial charge in [-0.05, 0) is 37.5 Å². The Labute approximate surface area is 193 Å². The van der Waals surface area contributed by atoms with Crippen molar-refractivity contribution >= 4 is 29.6 Å². The van der Waals surface area contributed by atoms with Gasteiger partial charge in [-0.1, -0.05) is 42.1 Å². The van der Waals surface area contributed by atoms with Crippen molar-refractivity contribution in [1.29, 1.82) is 0 Å². The van der Waals surface area contributed by atoms with Crippen LogP contribution >= 0.6 is 11.8 Å². The van der Waals surface area contributed by atoms with Crippen LogP contribution in [0, 0.1) is 0 Å². The van der Waals surface area contributed by atoms with E-state index in [0.717, 1.165) is 29.2 Å². The molecule has 1 saturated heterocycles. The highest BCUT2D eigenvalue weighted by Crippen LogP contribution is 2.41. The lowest BCUT2D eigenvalue weighted by Gasteiger charge is -2.22. The zero-order chi connectivity index (χ0) is 23.0. The third-order valence-electron chi connectivity index (χ3n) is 5.63. The number of aromatic nitrogens is 4. The van der Waals surface area contributed by atoms with E-state index < -0.39 is 23.4 Å². The Morgan fingerprint density at radius 2 is 1.88 bits per heavy atom. The summed E-state index contributed by atoms with van der Waals surface area (Å²) in [7, 11) is 0. The molecule has 33 heavy (non-hydrogen) atoms. The molecule has 0 bridgehead atoms. The fourth-order valence-electron chi connectivity index (χ4n) is 3.73. The second-order valence-electron chi connectivity index (χ2n) is 8.03. The van der Waals surface area contributed by atoms with Gasteiger partial charge in [0.1, 0.15) is 5.54 Å². The molecule has 1 aliphatic heterocycles. The Kier molecular flexibility index (Phi) is 5.33. The Morgan fingerprint density at radius 1 is 1.15 bits per heavy atom. The largest absolute Gasteiger partial charge is 0.344 e. The van der Waals surface area contributed by atoms with Crippen LogP contribution in [0.15, 0.2) is 60.0 Å². The van der Waals surface area contributed by atoms with Gasteiger partial charge in [0.2, 0.25) is 5.91 Å². The number of thioether (sulfide) groups is 1. The minimum absolute atomic E-state index is 0.0275. The van der Waals surface area contributed by atoms with Crippen LogP contribution in [0.2, 0.25) is 0 Å². The van der Waals surface area contributed by atoms with Crippen molar-refractivity contribution in [3.63, 3.8) is 0 Å². The second kappa shape index (κ2) is 8.32. The van der Waals surface area contributed by atoms with Gasteiger partial charge in [0.05, 0.1) is 5.75 Å². The summed E-state index contributed by atoms with van der Waals surface area (Å²) in [5, 5.41) is 12.6. The number of pyridine rings is 1. The number of amides is 4. The lowest BCUT2D eigenvalue weighted by Crippen LogP contribution is -2.48. The normalized spacial score (nSPS) is 20.1. The predicted molar refractivity (Wildman–Crippen MR) is 120 cm³/mol. The molecule has 2 fully saturated rings. The van der Waals surface area contributed by atoms with Gasteiger partial charge in [-0.25, -0.2) is 4.79 Å². The van der Waals surface area contributed by atoms with Gasteiger partial charge in [-0.15, -0.1) is 10.2 Å². The topological polar surface area (TPSA) is 122 Å². The number of hydrogen-bond donors (Lipinski definition) is 2. The maximum Gasteiger partial charge on any atom is 0.344 e. The first-order valence-corrected chi connectivity index (χ1v) is 11.5. The monoisotopic (exact) mass is 463 g/mol. The van der Waals surface area contributed by atoms with Crippen molar-refractivity contribution in [3.05, 3.63) is 60.4 Å². The Bertz CT molecular complexity index is 1210. The van der Waals surface area contributed by atoms with E-state index in [4.69, 9.17) is 0 Å². The van der Waals surface area contributed by atoms with E-state index in [9.17, 15) is 14.4 Å². The third-order valence-corrected chi connectivity index (χ3v) is 6.57. The second-order valence-corrected chi connectivity index (χ2v) is 8.97. The predicted octanol–water partition coefficient (Wildman–Crippen LogP) is 2.27. The maximum atomic E-state index is 12.9. The van der Waals surface area contributed by atoms with E-state index in [-0.39, 0.29) is 5.75 Å². The lowest BCUT2D eigenvalue weighted by atomic mass is 9.92. The molecule has 0 radical (unpaired) electrons. The number of imide groups is 1. The van der Waals surface area contributed by atoms with Crippen molar-refractivity contribution in [2.75, 3.05) is 5.75 Å². The third kappa shape index (κ3) is 3.95. The smallest absolute Gasteiger partial charge is 0.318 e. The summed E-state index contributed by atoms with van der Waals surface area (Å²) < 4.78 is 2.04. The lowest BCUT2D eigenvalue weighted by molar-refractivity contribution is -0.138. The minimum atomic E-state index is -1.25. The summed E-state index contributed by atoms with van der Waals surface area (Å²) in [6, 6.07) is 12.3. The molecule has 10 nitrogen and oxygen atoms in total. The average Bonchev–Trinajstić information content (AvgIpc) is 3.55. The number of carbonyl (C=O) groups excluding carboxylic acids is 3. The number of urea groups is 1. The highest BCUT2D eigenvalue weighted by atomic mass is 32.2. The number of hydrogen-bond acceptors (Lipinski definition) is 7. The molecular weight excluding hydrogens is 442 g/mol. The summed E-state index contributed by atoms with van der Waals surface area (Å²) in [6.07, 6.45) is 5.44. The molecule has 2 aromatic heterocycles. The van der Waals surface area contributed by atoms with Crippen LogP contribution in [0.4, 0.5) is 4.79 Å². The van der Waals surface area contributed by atoms with E-state index in [2.05, 4.69) is 25.9 Å². The van der Waals surface area contributed by atoms with E-state index >= 15 is 0 Å². The number of hydrazine groups is 1. The SMILES string of the molecule is CC1(c2ccccc2)NC(=O)N(NC(=O)CSc2nnc(-c3ccncc3)n2C2CC2)C1=O. The summed E-state index contributed by atoms with van der Waals surface area (Å²) >= 11 is 1.21. The average molecular weight is 464 g/mol. The van der Waals surface area contributed by atoms with Crippen LogP contribution in [0.25, 0.3) is 11.4 Å². The Balaban J connectivity index is 1.27. The standard InChI is InChI=1S/C22H21N7O3S/c1-22(15-5-3-2-4-6-15)19(31)29(20(32)24-22)27-17(30)13-33-21-26-25-18(28(21)16-7-8-16)14-9-11-23-12-10-14/h2-6,9-12,16H,7-8,13H2,1H3,(H,24,32)(H,27,30). The molecule has 168 valence electrons. The molecule has 2 N–H and O–H groups in total. The van der Waals surface area contributed by atoms with Gasteiger partial charge in [-0.2, -0.15) is 5.01 Å². The molecule has 1 unspecified atom stereocenters. The van der Waals surface area contributed by atoms with Crippen LogP contribution in [-0.2, 0) is 15.1 Å². The molecule has 3 heterocycles. The molecule has 5 rings (SSSR count). The van der Waals surface area contributed by atoms with Gasteiger partial charge in [0.15, 0.2) is 11.0 Å². The maximum absolute atomic E-state index is 12.9. The van der Waals surface area contributed by atoms with Crippen LogP contribution in [-0.4, -0.2) is 48.4 Å². The van der Waals surface area contributed by atoms with Gasteiger partial charge in [0, 0.05) is 24.0 Å². The molecule has 0 spiro atoms. The number of nitrogens with zero attached hydrogens (tertiary/aromatic N) is 5. The number of carbonyl (C=O) groups is 3. The minimum Gasteiger partial charge on any atom is -0.318 e. The van der Waals surface area contributed by atoms with E-state index in [0.29, 0.717) is 16.8 Å². The fraction of sp³-hybridized carbons (Fsp3) is 0.273. The van der Waals surface area contributed by atoms with E-state index in [1.807, 2.05) is 22.8 Å². The van der Waals surface area contributed by atoms with Crippen LogP contribution in [0.1, 0.15) is 31.4 Å². The highest BCUT2D eigenvalue weighted by molar-refractivity contribution is 7.99. The molecule has 2 aliphatic rings. The zero-order valence-electron chi connectivity index (χ0n) is 17.8. The van der Waals surface area contributed by atoms with Crippen molar-refractivity contribution < 1.29 is 14.4 Å². The first-order chi connectivity index (χ1) is 16.0. The van der Waals surface area contributed by atoms with Crippen molar-refractivity contribution in [2.24, 2.45) is 0 Å². The van der Waals surface area contributed by atoms with Gasteiger partial charge >= 0.3 is 6.03 Å². The molecule has 4 amide bonds. The number of rotatable bonds is 7. The zero-order valence-corrected chi connectivity index (χ0v) is 18.6. The van der Waals surface area contributed by atoms with Gasteiger partial charge < -0.3 is 5.32 Å². The molecular formula is C22H21N7O3S. The van der Waals surface area contributed by atoms with Crippen molar-refractivity contribution in [1.82, 2.24) is 35.5 Å². The first-order valence-electron chi connectivity index (χ1n) is 10.5. The summed E-state index contributed by atoms with van der Waals surface area (Å²) in [6.45, 7) is 1.61. The van der Waals surface area contributed by atoms with Crippen LogP contribution in [0.3, 0.4) is 0 Å². The van der Waals surface area contributed by atoms with E-state index in [1.54, 1.807) is 43.6 Å². The molecule has 1 aliphatic carbocycles. The Hall–Kier alpha value is -3.73.